The van der Waals surface area contributed by atoms with Gasteiger partial charge >= 0.3 is 6.01 Å². The van der Waals surface area contributed by atoms with Gasteiger partial charge in [0.2, 0.25) is 0 Å². The molecule has 208 valence electrons. The van der Waals surface area contributed by atoms with E-state index in [1.807, 2.05) is 18.2 Å². The van der Waals surface area contributed by atoms with Crippen molar-refractivity contribution < 1.29 is 13.9 Å². The summed E-state index contributed by atoms with van der Waals surface area (Å²) in [5.74, 6) is -0.551. The summed E-state index contributed by atoms with van der Waals surface area (Å²) in [5.41, 5.74) is 11.9. The number of thiophene rings is 1. The molecule has 0 aliphatic carbocycles. The molecule has 1 amide bonds. The number of ether oxygens (including phenoxy) is 1. The molecular weight excluding hydrogens is 553 g/mol. The molecule has 4 heterocycles. The average molecular weight is 578 g/mol. The quantitative estimate of drug-likeness (QED) is 0.172. The minimum Gasteiger partial charge on any atom is -0.421 e. The summed E-state index contributed by atoms with van der Waals surface area (Å²) in [6.07, 6.45) is 4.97. The number of nitrogens with zero attached hydrogens (tertiary/aromatic N) is 4. The molecule has 6 aromatic rings. The summed E-state index contributed by atoms with van der Waals surface area (Å²) in [4.78, 5) is 25.7. The van der Waals surface area contributed by atoms with Crippen LogP contribution in [0, 0.1) is 12.7 Å². The minimum atomic E-state index is -0.587. The predicted molar refractivity (Wildman–Crippen MR) is 163 cm³/mol. The number of H-pyrrole nitrogens is 1. The van der Waals surface area contributed by atoms with Gasteiger partial charge in [0, 0.05) is 56.9 Å². The lowest BCUT2D eigenvalue weighted by molar-refractivity contribution is -0.112. The van der Waals surface area contributed by atoms with Crippen LogP contribution in [0.3, 0.4) is 0 Å². The number of benzene rings is 2. The lowest BCUT2D eigenvalue weighted by Gasteiger charge is -2.11. The van der Waals surface area contributed by atoms with E-state index in [1.54, 1.807) is 62.8 Å². The van der Waals surface area contributed by atoms with Crippen molar-refractivity contribution in [3.8, 4) is 44.6 Å². The van der Waals surface area contributed by atoms with Gasteiger partial charge in [-0.15, -0.1) is 11.3 Å². The van der Waals surface area contributed by atoms with Gasteiger partial charge in [-0.1, -0.05) is 24.8 Å². The molecule has 42 heavy (non-hydrogen) atoms. The molecule has 0 aliphatic rings. The van der Waals surface area contributed by atoms with Crippen LogP contribution in [0.5, 0.6) is 11.8 Å². The molecule has 0 fully saturated rings. The van der Waals surface area contributed by atoms with E-state index in [1.165, 1.54) is 17.4 Å². The number of hydrogen-bond donors (Lipinski definition) is 3. The fourth-order valence-corrected chi connectivity index (χ4v) is 5.81. The van der Waals surface area contributed by atoms with Crippen LogP contribution in [0.1, 0.15) is 12.6 Å². The lowest BCUT2D eigenvalue weighted by Crippen LogP contribution is -2.11. The Morgan fingerprint density at radius 3 is 2.57 bits per heavy atom. The highest BCUT2D eigenvalue weighted by Gasteiger charge is 2.23. The maximum absolute atomic E-state index is 15.5. The normalized spacial score (nSPS) is 11.0. The molecule has 2 aromatic carbocycles. The van der Waals surface area contributed by atoms with E-state index in [0.29, 0.717) is 45.0 Å². The third-order valence-electron chi connectivity index (χ3n) is 6.51. The first-order valence-electron chi connectivity index (χ1n) is 12.8. The van der Waals surface area contributed by atoms with Crippen molar-refractivity contribution >= 4 is 38.8 Å². The number of aromatic nitrogens is 5. The Bertz CT molecular complexity index is 1970. The van der Waals surface area contributed by atoms with E-state index in [4.69, 9.17) is 10.5 Å². The number of pyridine rings is 1. The number of hydrogen-bond acceptors (Lipinski definition) is 8. The van der Waals surface area contributed by atoms with Crippen molar-refractivity contribution in [1.82, 2.24) is 25.1 Å². The predicted octanol–water partition coefficient (Wildman–Crippen LogP) is 7.15. The smallest absolute Gasteiger partial charge is 0.322 e. The van der Waals surface area contributed by atoms with Crippen LogP contribution in [-0.2, 0) is 4.79 Å². The highest BCUT2D eigenvalue weighted by Crippen LogP contribution is 2.49. The molecule has 0 atom stereocenters. The van der Waals surface area contributed by atoms with Gasteiger partial charge in [0.05, 0.1) is 10.4 Å². The standard InChI is InChI=1S/C31H24FN7O2S/c1-16(2)30(40)38-20-7-4-18(5-8-20)27-25(26-28(42-27)21(15-35-29(26)33)23-11-13-36-39-23)19-6-9-24(22(32)14-19)41-31-34-12-10-17(3)37-31/h4-15H,1H2,2-3H3,(H2,33,35)(H,36,39)(H,38,40). The Kier molecular flexibility index (Phi) is 6.93. The van der Waals surface area contributed by atoms with Crippen LogP contribution >= 0.6 is 11.3 Å². The highest BCUT2D eigenvalue weighted by atomic mass is 32.1. The number of fused-ring (bicyclic) bond motifs is 1. The molecule has 11 heteroatoms. The van der Waals surface area contributed by atoms with E-state index < -0.39 is 5.82 Å². The first kappa shape index (κ1) is 26.8. The van der Waals surface area contributed by atoms with Gasteiger partial charge in [0.25, 0.3) is 5.91 Å². The zero-order valence-electron chi connectivity index (χ0n) is 22.6. The highest BCUT2D eigenvalue weighted by molar-refractivity contribution is 7.23. The number of carbonyl (C=O) groups excluding carboxylic acids is 1. The number of nitrogens with two attached hydrogens (primary N) is 1. The van der Waals surface area contributed by atoms with E-state index in [9.17, 15) is 4.79 Å². The molecule has 0 radical (unpaired) electrons. The third kappa shape index (κ3) is 5.08. The molecule has 0 bridgehead atoms. The van der Waals surface area contributed by atoms with E-state index in [0.717, 1.165) is 20.7 Å². The number of amides is 1. The van der Waals surface area contributed by atoms with Crippen molar-refractivity contribution in [1.29, 1.82) is 0 Å². The number of anilines is 2. The zero-order chi connectivity index (χ0) is 29.4. The van der Waals surface area contributed by atoms with E-state index in [2.05, 4.69) is 37.0 Å². The molecule has 0 aliphatic heterocycles. The topological polar surface area (TPSA) is 132 Å². The fraction of sp³-hybridized carbons (Fsp3) is 0.0645. The molecule has 0 spiro atoms. The van der Waals surface area contributed by atoms with Crippen molar-refractivity contribution in [2.45, 2.75) is 13.8 Å². The Hall–Kier alpha value is -5.42. The first-order chi connectivity index (χ1) is 20.3. The second kappa shape index (κ2) is 10.9. The van der Waals surface area contributed by atoms with Gasteiger partial charge in [-0.25, -0.2) is 19.3 Å². The van der Waals surface area contributed by atoms with Crippen LogP contribution in [0.4, 0.5) is 15.9 Å². The number of nitrogens with one attached hydrogen (secondary N) is 2. The summed E-state index contributed by atoms with van der Waals surface area (Å²) in [7, 11) is 0. The molecule has 4 aromatic heterocycles. The van der Waals surface area contributed by atoms with Crippen LogP contribution in [0.15, 0.2) is 85.3 Å². The maximum Gasteiger partial charge on any atom is 0.322 e. The maximum atomic E-state index is 15.5. The first-order valence-corrected chi connectivity index (χ1v) is 13.7. The Morgan fingerprint density at radius 1 is 1.10 bits per heavy atom. The molecular formula is C31H24FN7O2S. The van der Waals surface area contributed by atoms with Crippen molar-refractivity contribution in [2.24, 2.45) is 0 Å². The van der Waals surface area contributed by atoms with Gasteiger partial charge < -0.3 is 15.8 Å². The zero-order valence-corrected chi connectivity index (χ0v) is 23.4. The molecule has 0 saturated carbocycles. The van der Waals surface area contributed by atoms with Gasteiger partial charge in [-0.3, -0.25) is 9.89 Å². The van der Waals surface area contributed by atoms with E-state index in [-0.39, 0.29) is 17.7 Å². The number of rotatable bonds is 7. The summed E-state index contributed by atoms with van der Waals surface area (Å²) in [6.45, 7) is 7.13. The molecule has 0 saturated heterocycles. The number of carbonyl (C=O) groups is 1. The van der Waals surface area contributed by atoms with Crippen molar-refractivity contribution in [3.05, 3.63) is 96.9 Å². The molecule has 6 rings (SSSR count). The largest absolute Gasteiger partial charge is 0.421 e. The number of aryl methyl sites for hydroxylation is 1. The second-order valence-electron chi connectivity index (χ2n) is 9.57. The molecule has 0 unspecified atom stereocenters. The number of halogens is 1. The third-order valence-corrected chi connectivity index (χ3v) is 7.78. The summed E-state index contributed by atoms with van der Waals surface area (Å²) >= 11 is 1.50. The number of aromatic amines is 1. The SMILES string of the molecule is C=C(C)C(=O)Nc1ccc(-c2sc3c(-c4cc[nH]n4)cnc(N)c3c2-c2ccc(Oc3nccc(C)n3)c(F)c2)cc1. The van der Waals surface area contributed by atoms with Gasteiger partial charge in [0.15, 0.2) is 11.6 Å². The fourth-order valence-electron chi connectivity index (χ4n) is 4.45. The second-order valence-corrected chi connectivity index (χ2v) is 10.6. The Morgan fingerprint density at radius 2 is 1.88 bits per heavy atom. The van der Waals surface area contributed by atoms with Gasteiger partial charge in [0.1, 0.15) is 5.82 Å². The van der Waals surface area contributed by atoms with Crippen LogP contribution in [0.2, 0.25) is 0 Å². The van der Waals surface area contributed by atoms with Crippen LogP contribution < -0.4 is 15.8 Å². The van der Waals surface area contributed by atoms with Crippen molar-refractivity contribution in [2.75, 3.05) is 11.1 Å². The number of nitrogen functional groups attached to an aromatic ring is 1. The minimum absolute atomic E-state index is 0.00801. The molecule has 9 nitrogen and oxygen atoms in total. The lowest BCUT2D eigenvalue weighted by atomic mass is 9.97. The van der Waals surface area contributed by atoms with Gasteiger partial charge in [-0.05, 0) is 61.4 Å². The van der Waals surface area contributed by atoms with Gasteiger partial charge in [-0.2, -0.15) is 5.10 Å². The average Bonchev–Trinajstić information content (AvgIpc) is 3.64. The summed E-state index contributed by atoms with van der Waals surface area (Å²) < 4.78 is 22.0. The van der Waals surface area contributed by atoms with E-state index >= 15 is 4.39 Å². The Labute approximate surface area is 244 Å². The van der Waals surface area contributed by atoms with Crippen LogP contribution in [-0.4, -0.2) is 31.1 Å². The molecule has 4 N–H and O–H groups in total. The monoisotopic (exact) mass is 577 g/mol. The summed E-state index contributed by atoms with van der Waals surface area (Å²) in [6, 6.07) is 15.7. The summed E-state index contributed by atoms with van der Waals surface area (Å²) in [5, 5.41) is 10.7. The Balaban J connectivity index is 1.50. The van der Waals surface area contributed by atoms with Crippen LogP contribution in [0.25, 0.3) is 42.9 Å². The van der Waals surface area contributed by atoms with Crippen molar-refractivity contribution in [3.63, 3.8) is 0 Å².